The van der Waals surface area contributed by atoms with Crippen molar-refractivity contribution in [3.05, 3.63) is 47.1 Å². The summed E-state index contributed by atoms with van der Waals surface area (Å²) in [6, 6.07) is 3.27. The van der Waals surface area contributed by atoms with Crippen molar-refractivity contribution < 1.29 is 18.4 Å². The first-order chi connectivity index (χ1) is 8.06. The van der Waals surface area contributed by atoms with Crippen LogP contribution in [0.25, 0.3) is 0 Å². The smallest absolute Gasteiger partial charge is 0.231 e. The van der Waals surface area contributed by atoms with Gasteiger partial charge in [0, 0.05) is 6.07 Å². The van der Waals surface area contributed by atoms with Gasteiger partial charge in [0.05, 0.1) is 6.42 Å². The van der Waals surface area contributed by atoms with E-state index in [4.69, 9.17) is 4.52 Å². The Kier molecular flexibility index (Phi) is 3.14. The van der Waals surface area contributed by atoms with Gasteiger partial charge in [-0.3, -0.25) is 0 Å². The SMILES string of the molecule is CC(O)c1noc(Cc2ccc(F)cc2F)n1. The van der Waals surface area contributed by atoms with Crippen LogP contribution < -0.4 is 0 Å². The lowest BCUT2D eigenvalue weighted by Gasteiger charge is -1.99. The molecule has 4 nitrogen and oxygen atoms in total. The minimum atomic E-state index is -0.842. The summed E-state index contributed by atoms with van der Waals surface area (Å²) in [5, 5.41) is 12.7. The van der Waals surface area contributed by atoms with Gasteiger partial charge >= 0.3 is 0 Å². The van der Waals surface area contributed by atoms with Gasteiger partial charge in [-0.25, -0.2) is 8.78 Å². The summed E-state index contributed by atoms with van der Waals surface area (Å²) in [7, 11) is 0. The Labute approximate surface area is 95.9 Å². The number of rotatable bonds is 3. The minimum absolute atomic E-state index is 0.0613. The number of aliphatic hydroxyl groups is 1. The van der Waals surface area contributed by atoms with E-state index in [9.17, 15) is 13.9 Å². The van der Waals surface area contributed by atoms with Crippen LogP contribution in [0.3, 0.4) is 0 Å². The number of halogens is 2. The lowest BCUT2D eigenvalue weighted by Crippen LogP contribution is -1.96. The van der Waals surface area contributed by atoms with Crippen LogP contribution in [-0.2, 0) is 6.42 Å². The van der Waals surface area contributed by atoms with E-state index >= 15 is 0 Å². The molecular weight excluding hydrogens is 230 g/mol. The van der Waals surface area contributed by atoms with Crippen LogP contribution in [0.1, 0.15) is 30.3 Å². The van der Waals surface area contributed by atoms with Gasteiger partial charge in [-0.2, -0.15) is 4.98 Å². The van der Waals surface area contributed by atoms with E-state index in [0.29, 0.717) is 0 Å². The molecule has 2 aromatic rings. The van der Waals surface area contributed by atoms with Crippen molar-refractivity contribution in [3.8, 4) is 0 Å². The van der Waals surface area contributed by atoms with E-state index in [0.717, 1.165) is 12.1 Å². The Morgan fingerprint density at radius 1 is 1.41 bits per heavy atom. The monoisotopic (exact) mass is 240 g/mol. The molecule has 1 unspecified atom stereocenters. The summed E-state index contributed by atoms with van der Waals surface area (Å²) in [6.45, 7) is 1.49. The van der Waals surface area contributed by atoms with E-state index in [1.807, 2.05) is 0 Å². The molecule has 0 fully saturated rings. The van der Waals surface area contributed by atoms with Crippen LogP contribution in [0.4, 0.5) is 8.78 Å². The second-order valence-corrected chi connectivity index (χ2v) is 3.63. The first-order valence-electron chi connectivity index (χ1n) is 5.00. The lowest BCUT2D eigenvalue weighted by atomic mass is 10.1. The van der Waals surface area contributed by atoms with E-state index < -0.39 is 17.7 Å². The third kappa shape index (κ3) is 2.65. The zero-order chi connectivity index (χ0) is 12.4. The molecule has 90 valence electrons. The van der Waals surface area contributed by atoms with E-state index in [2.05, 4.69) is 10.1 Å². The van der Waals surface area contributed by atoms with Gasteiger partial charge < -0.3 is 9.63 Å². The summed E-state index contributed by atoms with van der Waals surface area (Å²) < 4.78 is 30.8. The summed E-state index contributed by atoms with van der Waals surface area (Å²) in [5.74, 6) is -0.989. The lowest BCUT2D eigenvalue weighted by molar-refractivity contribution is 0.184. The number of aromatic nitrogens is 2. The van der Waals surface area contributed by atoms with Gasteiger partial charge in [0.15, 0.2) is 5.82 Å². The van der Waals surface area contributed by atoms with Crippen molar-refractivity contribution in [2.24, 2.45) is 0 Å². The molecule has 0 aliphatic carbocycles. The van der Waals surface area contributed by atoms with Crippen LogP contribution in [0.15, 0.2) is 22.7 Å². The van der Waals surface area contributed by atoms with Crippen molar-refractivity contribution in [1.82, 2.24) is 10.1 Å². The maximum absolute atomic E-state index is 13.3. The number of benzene rings is 1. The first-order valence-corrected chi connectivity index (χ1v) is 5.00. The molecule has 0 aliphatic heterocycles. The molecule has 1 N–H and O–H groups in total. The molecule has 0 aliphatic rings. The molecule has 0 radical (unpaired) electrons. The highest BCUT2D eigenvalue weighted by molar-refractivity contribution is 5.21. The highest BCUT2D eigenvalue weighted by Crippen LogP contribution is 2.15. The summed E-state index contributed by atoms with van der Waals surface area (Å²) in [5.41, 5.74) is 0.257. The van der Waals surface area contributed by atoms with Crippen LogP contribution in [0.5, 0.6) is 0 Å². The molecule has 0 spiro atoms. The maximum Gasteiger partial charge on any atom is 0.231 e. The molecule has 2 rings (SSSR count). The molecular formula is C11H10F2N2O2. The quantitative estimate of drug-likeness (QED) is 0.891. The first kappa shape index (κ1) is 11.7. The van der Waals surface area contributed by atoms with E-state index in [1.54, 1.807) is 0 Å². The average Bonchev–Trinajstić information content (AvgIpc) is 2.71. The zero-order valence-corrected chi connectivity index (χ0v) is 9.02. The molecule has 6 heteroatoms. The van der Waals surface area contributed by atoms with Crippen LogP contribution in [0, 0.1) is 11.6 Å². The molecule has 0 amide bonds. The predicted molar refractivity (Wildman–Crippen MR) is 54.1 cm³/mol. The van der Waals surface area contributed by atoms with Gasteiger partial charge in [0.25, 0.3) is 0 Å². The van der Waals surface area contributed by atoms with Crippen molar-refractivity contribution in [2.45, 2.75) is 19.4 Å². The normalized spacial score (nSPS) is 12.7. The van der Waals surface area contributed by atoms with Gasteiger partial charge in [0.2, 0.25) is 5.89 Å². The number of aliphatic hydroxyl groups excluding tert-OH is 1. The van der Waals surface area contributed by atoms with E-state index in [1.165, 1.54) is 13.0 Å². The van der Waals surface area contributed by atoms with Gasteiger partial charge in [-0.1, -0.05) is 11.2 Å². The largest absolute Gasteiger partial charge is 0.385 e. The molecule has 1 atom stereocenters. The van der Waals surface area contributed by atoms with Crippen molar-refractivity contribution in [1.29, 1.82) is 0 Å². The fourth-order valence-corrected chi connectivity index (χ4v) is 1.34. The summed E-state index contributed by atoms with van der Waals surface area (Å²) >= 11 is 0. The van der Waals surface area contributed by atoms with E-state index in [-0.39, 0.29) is 23.7 Å². The highest BCUT2D eigenvalue weighted by atomic mass is 19.1. The van der Waals surface area contributed by atoms with Gasteiger partial charge in [-0.15, -0.1) is 0 Å². The Morgan fingerprint density at radius 3 is 2.76 bits per heavy atom. The zero-order valence-electron chi connectivity index (χ0n) is 9.02. The summed E-state index contributed by atoms with van der Waals surface area (Å²) in [6.07, 6.45) is -0.781. The van der Waals surface area contributed by atoms with Gasteiger partial charge in [0.1, 0.15) is 17.7 Å². The molecule has 0 bridgehead atoms. The van der Waals surface area contributed by atoms with Gasteiger partial charge in [-0.05, 0) is 18.6 Å². The second kappa shape index (κ2) is 4.58. The Morgan fingerprint density at radius 2 is 2.18 bits per heavy atom. The van der Waals surface area contributed by atoms with Crippen LogP contribution in [0.2, 0.25) is 0 Å². The fourth-order valence-electron chi connectivity index (χ4n) is 1.34. The molecule has 0 saturated carbocycles. The minimum Gasteiger partial charge on any atom is -0.385 e. The molecule has 17 heavy (non-hydrogen) atoms. The topological polar surface area (TPSA) is 59.2 Å². The van der Waals surface area contributed by atoms with Crippen LogP contribution in [-0.4, -0.2) is 15.2 Å². The number of nitrogens with zero attached hydrogens (tertiary/aromatic N) is 2. The van der Waals surface area contributed by atoms with Crippen molar-refractivity contribution >= 4 is 0 Å². The third-order valence-corrected chi connectivity index (χ3v) is 2.21. The number of hydrogen-bond donors (Lipinski definition) is 1. The standard InChI is InChI=1S/C11H10F2N2O2/c1-6(16)11-14-10(17-15-11)4-7-2-3-8(12)5-9(7)13/h2-3,5-6,16H,4H2,1H3. The summed E-state index contributed by atoms with van der Waals surface area (Å²) in [4.78, 5) is 3.88. The average molecular weight is 240 g/mol. The number of hydrogen-bond acceptors (Lipinski definition) is 4. The molecule has 1 aromatic carbocycles. The fraction of sp³-hybridized carbons (Fsp3) is 0.273. The van der Waals surface area contributed by atoms with Crippen molar-refractivity contribution in [3.63, 3.8) is 0 Å². The van der Waals surface area contributed by atoms with Crippen LogP contribution >= 0.6 is 0 Å². The predicted octanol–water partition coefficient (Wildman–Crippen LogP) is 1.99. The third-order valence-electron chi connectivity index (χ3n) is 2.21. The molecule has 0 saturated heterocycles. The highest BCUT2D eigenvalue weighted by Gasteiger charge is 2.13. The maximum atomic E-state index is 13.3. The van der Waals surface area contributed by atoms with Crippen molar-refractivity contribution in [2.75, 3.05) is 0 Å². The Bertz CT molecular complexity index is 526. The molecule has 1 aromatic heterocycles. The Hall–Kier alpha value is -1.82. The molecule has 1 heterocycles. The second-order valence-electron chi connectivity index (χ2n) is 3.63. The Balaban J connectivity index is 2.19.